The molecule has 0 atom stereocenters. The molecule has 2 heteroatoms. The van der Waals surface area contributed by atoms with Crippen LogP contribution in [0.3, 0.4) is 0 Å². The highest BCUT2D eigenvalue weighted by Gasteiger charge is 2.14. The van der Waals surface area contributed by atoms with E-state index in [9.17, 15) is 4.79 Å². The molecule has 0 aliphatic heterocycles. The first-order chi connectivity index (χ1) is 8.34. The summed E-state index contributed by atoms with van der Waals surface area (Å²) in [7, 11) is 0. The minimum Gasteiger partial charge on any atom is -0.465 e. The predicted molar refractivity (Wildman–Crippen MR) is 70.7 cm³/mol. The van der Waals surface area contributed by atoms with Crippen molar-refractivity contribution in [1.29, 1.82) is 0 Å². The van der Waals surface area contributed by atoms with Crippen molar-refractivity contribution >= 4 is 5.97 Å². The molecular weight excluding hydrogens is 212 g/mol. The van der Waals surface area contributed by atoms with Gasteiger partial charge in [0.2, 0.25) is 0 Å². The topological polar surface area (TPSA) is 26.3 Å². The molecule has 0 N–H and O–H groups in total. The number of carbonyl (C=O) groups is 1. The molecule has 2 nitrogen and oxygen atoms in total. The number of esters is 1. The summed E-state index contributed by atoms with van der Waals surface area (Å²) in [6.07, 6.45) is 16.2. The molecule has 0 aromatic rings. The summed E-state index contributed by atoms with van der Waals surface area (Å²) < 4.78 is 5.21. The van der Waals surface area contributed by atoms with Gasteiger partial charge in [0.25, 0.3) is 0 Å². The number of hydrogen-bond acceptors (Lipinski definition) is 2. The van der Waals surface area contributed by atoms with Crippen molar-refractivity contribution in [2.45, 2.75) is 51.9 Å². The second-order valence-corrected chi connectivity index (χ2v) is 4.58. The van der Waals surface area contributed by atoms with Crippen molar-refractivity contribution in [1.82, 2.24) is 0 Å². The van der Waals surface area contributed by atoms with Gasteiger partial charge in [0.05, 0.1) is 12.5 Å². The van der Waals surface area contributed by atoms with Crippen LogP contribution in [0.5, 0.6) is 0 Å². The highest BCUT2D eigenvalue weighted by Crippen LogP contribution is 2.11. The van der Waals surface area contributed by atoms with Crippen LogP contribution in [-0.2, 0) is 9.53 Å². The third kappa shape index (κ3) is 6.30. The Labute approximate surface area is 105 Å². The first kappa shape index (κ1) is 14.0. The van der Waals surface area contributed by atoms with Crippen LogP contribution in [0.4, 0.5) is 0 Å². The molecule has 0 radical (unpaired) electrons. The number of carbonyl (C=O) groups excluding carboxylic acids is 1. The fourth-order valence-electron chi connectivity index (χ4n) is 1.92. The molecule has 0 bridgehead atoms. The zero-order chi connectivity index (χ0) is 12.3. The molecule has 0 amide bonds. The predicted octanol–water partition coefficient (Wildman–Crippen LogP) is 4.02. The van der Waals surface area contributed by atoms with E-state index in [0.29, 0.717) is 6.61 Å². The van der Waals surface area contributed by atoms with Crippen molar-refractivity contribution in [2.24, 2.45) is 5.92 Å². The highest BCUT2D eigenvalue weighted by molar-refractivity contribution is 5.77. The van der Waals surface area contributed by atoms with Crippen LogP contribution in [0.15, 0.2) is 24.3 Å². The number of unbranched alkanes of at least 4 members (excludes halogenated alkanes) is 6. The maximum Gasteiger partial charge on any atom is 0.316 e. The highest BCUT2D eigenvalue weighted by atomic mass is 16.5. The van der Waals surface area contributed by atoms with Gasteiger partial charge in [0.1, 0.15) is 0 Å². The van der Waals surface area contributed by atoms with Crippen LogP contribution in [0, 0.1) is 5.92 Å². The Morgan fingerprint density at radius 3 is 2.24 bits per heavy atom. The van der Waals surface area contributed by atoms with Crippen LogP contribution in [-0.4, -0.2) is 12.6 Å². The van der Waals surface area contributed by atoms with Crippen molar-refractivity contribution < 1.29 is 9.53 Å². The summed E-state index contributed by atoms with van der Waals surface area (Å²) >= 11 is 0. The molecule has 1 aliphatic carbocycles. The molecule has 0 aromatic carbocycles. The maximum atomic E-state index is 11.5. The molecule has 1 aliphatic rings. The number of ether oxygens (including phenoxy) is 1. The van der Waals surface area contributed by atoms with Gasteiger partial charge in [-0.2, -0.15) is 0 Å². The minimum absolute atomic E-state index is 0.110. The van der Waals surface area contributed by atoms with Gasteiger partial charge in [-0.15, -0.1) is 0 Å². The lowest BCUT2D eigenvalue weighted by Crippen LogP contribution is -2.13. The van der Waals surface area contributed by atoms with E-state index in [-0.39, 0.29) is 11.9 Å². The van der Waals surface area contributed by atoms with Crippen molar-refractivity contribution in [3.8, 4) is 0 Å². The van der Waals surface area contributed by atoms with E-state index in [1.807, 2.05) is 24.3 Å². The number of hydrogen-bond donors (Lipinski definition) is 0. The normalized spacial score (nSPS) is 14.4. The first-order valence-corrected chi connectivity index (χ1v) is 6.86. The number of allylic oxidation sites excluding steroid dienone is 2. The summed E-state index contributed by atoms with van der Waals surface area (Å²) in [5.41, 5.74) is 0. The van der Waals surface area contributed by atoms with E-state index >= 15 is 0 Å². The Hall–Kier alpha value is -1.05. The third-order valence-electron chi connectivity index (χ3n) is 3.01. The molecule has 96 valence electrons. The van der Waals surface area contributed by atoms with Gasteiger partial charge in [0, 0.05) is 0 Å². The van der Waals surface area contributed by atoms with Crippen LogP contribution < -0.4 is 0 Å². The fourth-order valence-corrected chi connectivity index (χ4v) is 1.92. The van der Waals surface area contributed by atoms with Gasteiger partial charge >= 0.3 is 5.97 Å². The van der Waals surface area contributed by atoms with Gasteiger partial charge in [-0.25, -0.2) is 0 Å². The molecule has 0 fully saturated rings. The zero-order valence-corrected chi connectivity index (χ0v) is 10.9. The van der Waals surface area contributed by atoms with Crippen LogP contribution >= 0.6 is 0 Å². The lowest BCUT2D eigenvalue weighted by Gasteiger charge is -2.07. The second-order valence-electron chi connectivity index (χ2n) is 4.58. The van der Waals surface area contributed by atoms with Crippen LogP contribution in [0.1, 0.15) is 51.9 Å². The average molecular weight is 236 g/mol. The molecule has 0 aromatic heterocycles. The van der Waals surface area contributed by atoms with E-state index in [4.69, 9.17) is 4.74 Å². The SMILES string of the molecule is CCCCCCCCCOC(=O)C1C=CC=C1. The van der Waals surface area contributed by atoms with Crippen molar-refractivity contribution in [3.63, 3.8) is 0 Å². The van der Waals surface area contributed by atoms with E-state index in [2.05, 4.69) is 6.92 Å². The third-order valence-corrected chi connectivity index (χ3v) is 3.01. The molecule has 1 rings (SSSR count). The van der Waals surface area contributed by atoms with Gasteiger partial charge in [-0.05, 0) is 6.42 Å². The molecule has 0 saturated carbocycles. The fraction of sp³-hybridized carbons (Fsp3) is 0.667. The summed E-state index contributed by atoms with van der Waals surface area (Å²) in [4.78, 5) is 11.5. The minimum atomic E-state index is -0.139. The molecule has 0 unspecified atom stereocenters. The molecular formula is C15H24O2. The molecule has 0 saturated heterocycles. The van der Waals surface area contributed by atoms with Crippen LogP contribution in [0.25, 0.3) is 0 Å². The Bertz CT molecular complexity index is 254. The lowest BCUT2D eigenvalue weighted by molar-refractivity contribution is -0.145. The standard InChI is InChI=1S/C15H24O2/c1-2-3-4-5-6-7-10-13-17-15(16)14-11-8-9-12-14/h8-9,11-12,14H,2-7,10,13H2,1H3. The van der Waals surface area contributed by atoms with E-state index in [1.165, 1.54) is 38.5 Å². The largest absolute Gasteiger partial charge is 0.465 e. The zero-order valence-electron chi connectivity index (χ0n) is 10.9. The van der Waals surface area contributed by atoms with E-state index in [1.54, 1.807) is 0 Å². The van der Waals surface area contributed by atoms with Crippen molar-refractivity contribution in [3.05, 3.63) is 24.3 Å². The van der Waals surface area contributed by atoms with E-state index < -0.39 is 0 Å². The maximum absolute atomic E-state index is 11.5. The second kappa shape index (κ2) is 9.03. The molecule has 0 spiro atoms. The average Bonchev–Trinajstić information content (AvgIpc) is 2.86. The molecule has 17 heavy (non-hydrogen) atoms. The Kier molecular flexibility index (Phi) is 7.44. The summed E-state index contributed by atoms with van der Waals surface area (Å²) in [5, 5.41) is 0. The Balaban J connectivity index is 1.88. The van der Waals surface area contributed by atoms with Gasteiger partial charge in [0.15, 0.2) is 0 Å². The lowest BCUT2D eigenvalue weighted by atomic mass is 10.1. The summed E-state index contributed by atoms with van der Waals surface area (Å²) in [6.45, 7) is 2.80. The Morgan fingerprint density at radius 1 is 1.00 bits per heavy atom. The van der Waals surface area contributed by atoms with Crippen molar-refractivity contribution in [2.75, 3.05) is 6.61 Å². The van der Waals surface area contributed by atoms with Gasteiger partial charge in [-0.3, -0.25) is 4.79 Å². The van der Waals surface area contributed by atoms with E-state index in [0.717, 1.165) is 6.42 Å². The van der Waals surface area contributed by atoms with Gasteiger partial charge < -0.3 is 4.74 Å². The summed E-state index contributed by atoms with van der Waals surface area (Å²) in [5.74, 6) is -0.250. The Morgan fingerprint density at radius 2 is 1.59 bits per heavy atom. The molecule has 0 heterocycles. The van der Waals surface area contributed by atoms with Crippen LogP contribution in [0.2, 0.25) is 0 Å². The quantitative estimate of drug-likeness (QED) is 0.446. The number of rotatable bonds is 9. The monoisotopic (exact) mass is 236 g/mol. The summed E-state index contributed by atoms with van der Waals surface area (Å²) in [6, 6.07) is 0. The first-order valence-electron chi connectivity index (χ1n) is 6.86. The van der Waals surface area contributed by atoms with Gasteiger partial charge in [-0.1, -0.05) is 69.8 Å². The smallest absolute Gasteiger partial charge is 0.316 e.